The first kappa shape index (κ1) is 15.5. The highest BCUT2D eigenvalue weighted by molar-refractivity contribution is 9.10. The van der Waals surface area contributed by atoms with Crippen LogP contribution in [0.2, 0.25) is 5.02 Å². The lowest BCUT2D eigenvalue weighted by Crippen LogP contribution is -2.28. The van der Waals surface area contributed by atoms with Crippen LogP contribution < -0.4 is 5.32 Å². The van der Waals surface area contributed by atoms with Crippen LogP contribution in [0.5, 0.6) is 0 Å². The summed E-state index contributed by atoms with van der Waals surface area (Å²) in [7, 11) is 0. The van der Waals surface area contributed by atoms with E-state index in [1.807, 2.05) is 11.4 Å². The summed E-state index contributed by atoms with van der Waals surface area (Å²) in [6, 6.07) is 9.34. The Labute approximate surface area is 136 Å². The Morgan fingerprint density at radius 3 is 2.85 bits per heavy atom. The van der Waals surface area contributed by atoms with E-state index < -0.39 is 0 Å². The van der Waals surface area contributed by atoms with E-state index in [4.69, 9.17) is 11.6 Å². The van der Waals surface area contributed by atoms with Crippen LogP contribution in [-0.2, 0) is 0 Å². The van der Waals surface area contributed by atoms with Gasteiger partial charge in [0.05, 0.1) is 11.1 Å². The Morgan fingerprint density at radius 2 is 2.25 bits per heavy atom. The first-order valence-corrected chi connectivity index (χ1v) is 8.46. The van der Waals surface area contributed by atoms with Gasteiger partial charge in [0.15, 0.2) is 0 Å². The van der Waals surface area contributed by atoms with E-state index in [1.165, 1.54) is 4.88 Å². The van der Waals surface area contributed by atoms with Gasteiger partial charge in [-0.25, -0.2) is 0 Å². The van der Waals surface area contributed by atoms with Crippen LogP contribution in [0.15, 0.2) is 40.2 Å². The first-order chi connectivity index (χ1) is 9.61. The molecule has 1 heterocycles. The summed E-state index contributed by atoms with van der Waals surface area (Å²) >= 11 is 11.0. The van der Waals surface area contributed by atoms with Gasteiger partial charge >= 0.3 is 0 Å². The average molecular weight is 373 g/mol. The summed E-state index contributed by atoms with van der Waals surface area (Å²) in [5.41, 5.74) is 0.610. The molecule has 1 amide bonds. The SMILES string of the molecule is CCCC(NC(=O)c1ccc(Cl)c(Br)c1)c1cccs1. The van der Waals surface area contributed by atoms with Crippen molar-refractivity contribution in [3.05, 3.63) is 55.6 Å². The summed E-state index contributed by atoms with van der Waals surface area (Å²) in [4.78, 5) is 13.5. The third-order valence-electron chi connectivity index (χ3n) is 2.95. The maximum atomic E-state index is 12.3. The summed E-state index contributed by atoms with van der Waals surface area (Å²) in [5, 5.41) is 5.72. The predicted octanol–water partition coefficient (Wildman–Crippen LogP) is 5.44. The lowest BCUT2D eigenvalue weighted by molar-refractivity contribution is 0.0935. The number of benzene rings is 1. The summed E-state index contributed by atoms with van der Waals surface area (Å²) < 4.78 is 0.731. The smallest absolute Gasteiger partial charge is 0.251 e. The molecule has 0 aliphatic rings. The monoisotopic (exact) mass is 371 g/mol. The lowest BCUT2D eigenvalue weighted by atomic mass is 10.1. The molecule has 0 radical (unpaired) electrons. The van der Waals surface area contributed by atoms with Crippen molar-refractivity contribution in [3.8, 4) is 0 Å². The minimum Gasteiger partial charge on any atom is -0.344 e. The van der Waals surface area contributed by atoms with Crippen LogP contribution in [0.25, 0.3) is 0 Å². The van der Waals surface area contributed by atoms with Crippen molar-refractivity contribution in [2.45, 2.75) is 25.8 Å². The van der Waals surface area contributed by atoms with E-state index in [-0.39, 0.29) is 11.9 Å². The fraction of sp³-hybridized carbons (Fsp3) is 0.267. The van der Waals surface area contributed by atoms with Gasteiger partial charge in [-0.1, -0.05) is 31.0 Å². The normalized spacial score (nSPS) is 12.2. The zero-order valence-corrected chi connectivity index (χ0v) is 14.2. The average Bonchev–Trinajstić information content (AvgIpc) is 2.95. The van der Waals surface area contributed by atoms with Crippen molar-refractivity contribution in [1.82, 2.24) is 5.32 Å². The highest BCUT2D eigenvalue weighted by Gasteiger charge is 2.16. The van der Waals surface area contributed by atoms with Gasteiger partial charge in [-0.05, 0) is 52.0 Å². The fourth-order valence-electron chi connectivity index (χ4n) is 1.94. The second-order valence-corrected chi connectivity index (χ2v) is 6.70. The van der Waals surface area contributed by atoms with E-state index in [0.717, 1.165) is 17.3 Å². The Morgan fingerprint density at radius 1 is 1.45 bits per heavy atom. The van der Waals surface area contributed by atoms with Crippen LogP contribution >= 0.6 is 38.9 Å². The number of carbonyl (C=O) groups is 1. The van der Waals surface area contributed by atoms with Crippen molar-refractivity contribution in [2.75, 3.05) is 0 Å². The molecule has 20 heavy (non-hydrogen) atoms. The van der Waals surface area contributed by atoms with E-state index in [2.05, 4.69) is 34.2 Å². The van der Waals surface area contributed by atoms with Gasteiger partial charge in [0, 0.05) is 14.9 Å². The molecular formula is C15H15BrClNOS. The van der Waals surface area contributed by atoms with E-state index in [1.54, 1.807) is 29.5 Å². The molecule has 2 nitrogen and oxygen atoms in total. The van der Waals surface area contributed by atoms with E-state index >= 15 is 0 Å². The highest BCUT2D eigenvalue weighted by atomic mass is 79.9. The Balaban J connectivity index is 2.13. The van der Waals surface area contributed by atoms with Gasteiger partial charge < -0.3 is 5.32 Å². The number of thiophene rings is 1. The van der Waals surface area contributed by atoms with Crippen LogP contribution in [0, 0.1) is 0 Å². The standard InChI is InChI=1S/C15H15BrClNOS/c1-2-4-13(14-5-3-8-20-14)18-15(19)10-6-7-12(17)11(16)9-10/h3,5-9,13H,2,4H2,1H3,(H,18,19). The molecule has 1 aromatic carbocycles. The third kappa shape index (κ3) is 3.84. The number of hydrogen-bond donors (Lipinski definition) is 1. The number of carbonyl (C=O) groups excluding carboxylic acids is 1. The first-order valence-electron chi connectivity index (χ1n) is 6.41. The van der Waals surface area contributed by atoms with Crippen molar-refractivity contribution in [3.63, 3.8) is 0 Å². The summed E-state index contributed by atoms with van der Waals surface area (Å²) in [6.07, 6.45) is 1.95. The van der Waals surface area contributed by atoms with Gasteiger partial charge in [0.1, 0.15) is 0 Å². The zero-order chi connectivity index (χ0) is 14.5. The van der Waals surface area contributed by atoms with Crippen LogP contribution in [-0.4, -0.2) is 5.91 Å². The van der Waals surface area contributed by atoms with Crippen LogP contribution in [0.3, 0.4) is 0 Å². The quantitative estimate of drug-likeness (QED) is 0.744. The zero-order valence-electron chi connectivity index (χ0n) is 11.0. The number of amides is 1. The number of nitrogens with one attached hydrogen (secondary N) is 1. The van der Waals surface area contributed by atoms with Gasteiger partial charge in [-0.2, -0.15) is 0 Å². The molecule has 1 atom stereocenters. The van der Waals surface area contributed by atoms with Crippen molar-refractivity contribution in [2.24, 2.45) is 0 Å². The fourth-order valence-corrected chi connectivity index (χ4v) is 3.25. The molecule has 2 rings (SSSR count). The summed E-state index contributed by atoms with van der Waals surface area (Å²) in [6.45, 7) is 2.12. The van der Waals surface area contributed by atoms with Gasteiger partial charge in [0.25, 0.3) is 5.91 Å². The molecule has 0 aliphatic carbocycles. The molecule has 1 N–H and O–H groups in total. The molecular weight excluding hydrogens is 358 g/mol. The topological polar surface area (TPSA) is 29.1 Å². The largest absolute Gasteiger partial charge is 0.344 e. The maximum absolute atomic E-state index is 12.3. The summed E-state index contributed by atoms with van der Waals surface area (Å²) in [5.74, 6) is -0.0748. The minimum absolute atomic E-state index is 0.0713. The highest BCUT2D eigenvalue weighted by Crippen LogP contribution is 2.26. The molecule has 1 aromatic heterocycles. The van der Waals surface area contributed by atoms with Crippen molar-refractivity contribution >= 4 is 44.8 Å². The molecule has 0 aliphatic heterocycles. The molecule has 2 aromatic rings. The second kappa shape index (κ2) is 7.25. The number of rotatable bonds is 5. The number of hydrogen-bond acceptors (Lipinski definition) is 2. The predicted molar refractivity (Wildman–Crippen MR) is 88.6 cm³/mol. The van der Waals surface area contributed by atoms with Gasteiger partial charge in [-0.15, -0.1) is 11.3 Å². The second-order valence-electron chi connectivity index (χ2n) is 4.46. The molecule has 5 heteroatoms. The van der Waals surface area contributed by atoms with Gasteiger partial charge in [-0.3, -0.25) is 4.79 Å². The molecule has 1 unspecified atom stereocenters. The maximum Gasteiger partial charge on any atom is 0.251 e. The van der Waals surface area contributed by atoms with Crippen LogP contribution in [0.4, 0.5) is 0 Å². The van der Waals surface area contributed by atoms with Crippen molar-refractivity contribution < 1.29 is 4.79 Å². The molecule has 0 saturated heterocycles. The molecule has 0 saturated carbocycles. The van der Waals surface area contributed by atoms with E-state index in [9.17, 15) is 4.79 Å². The minimum atomic E-state index is -0.0748. The van der Waals surface area contributed by atoms with Crippen molar-refractivity contribution in [1.29, 1.82) is 0 Å². The Bertz CT molecular complexity index is 586. The molecule has 106 valence electrons. The molecule has 0 fully saturated rings. The lowest BCUT2D eigenvalue weighted by Gasteiger charge is -2.17. The molecule has 0 spiro atoms. The van der Waals surface area contributed by atoms with E-state index in [0.29, 0.717) is 10.6 Å². The van der Waals surface area contributed by atoms with Gasteiger partial charge in [0.2, 0.25) is 0 Å². The van der Waals surface area contributed by atoms with Crippen LogP contribution in [0.1, 0.15) is 41.0 Å². The Hall–Kier alpha value is -0.840. The Kier molecular flexibility index (Phi) is 5.64. The third-order valence-corrected chi connectivity index (χ3v) is 5.15. The molecule has 0 bridgehead atoms. The number of halogens is 2.